The van der Waals surface area contributed by atoms with Gasteiger partial charge in [0.15, 0.2) is 0 Å². The van der Waals surface area contributed by atoms with E-state index in [2.05, 4.69) is 29.6 Å². The first kappa shape index (κ1) is 14.6. The molecule has 1 fully saturated rings. The van der Waals surface area contributed by atoms with E-state index in [1.54, 1.807) is 12.1 Å². The molecule has 2 nitrogen and oxygen atoms in total. The summed E-state index contributed by atoms with van der Waals surface area (Å²) in [6.07, 6.45) is 2.17. The number of nitrogens with one attached hydrogen (secondary N) is 1. The van der Waals surface area contributed by atoms with Crippen LogP contribution in [0.5, 0.6) is 0 Å². The van der Waals surface area contributed by atoms with Crippen LogP contribution in [-0.2, 0) is 6.54 Å². The first-order valence-electron chi connectivity index (χ1n) is 7.45. The summed E-state index contributed by atoms with van der Waals surface area (Å²) in [4.78, 5) is 0. The van der Waals surface area contributed by atoms with Gasteiger partial charge < -0.3 is 10.4 Å². The molecule has 0 amide bonds. The first-order valence-corrected chi connectivity index (χ1v) is 7.83. The molecular formula is C18H20ClNO. The monoisotopic (exact) mass is 301 g/mol. The molecule has 0 spiro atoms. The highest BCUT2D eigenvalue weighted by Crippen LogP contribution is 2.39. The fourth-order valence-electron chi connectivity index (χ4n) is 2.48. The lowest BCUT2D eigenvalue weighted by molar-refractivity contribution is 0.174. The van der Waals surface area contributed by atoms with E-state index in [0.717, 1.165) is 18.0 Å². The molecule has 21 heavy (non-hydrogen) atoms. The Morgan fingerprint density at radius 3 is 2.33 bits per heavy atom. The van der Waals surface area contributed by atoms with E-state index >= 15 is 0 Å². The highest BCUT2D eigenvalue weighted by atomic mass is 35.5. The number of benzene rings is 2. The predicted octanol–water partition coefficient (Wildman–Crippen LogP) is 4.04. The predicted molar refractivity (Wildman–Crippen MR) is 86.5 cm³/mol. The van der Waals surface area contributed by atoms with Crippen molar-refractivity contribution in [3.05, 3.63) is 70.2 Å². The summed E-state index contributed by atoms with van der Waals surface area (Å²) in [6, 6.07) is 16.1. The lowest BCUT2D eigenvalue weighted by atomic mass is 10.1. The minimum absolute atomic E-state index is 0.506. The first-order chi connectivity index (χ1) is 10.2. The summed E-state index contributed by atoms with van der Waals surface area (Å²) < 4.78 is 0. The molecule has 1 aliphatic carbocycles. The molecule has 3 heteroatoms. The fourth-order valence-corrected chi connectivity index (χ4v) is 2.61. The van der Waals surface area contributed by atoms with Crippen molar-refractivity contribution in [3.63, 3.8) is 0 Å². The van der Waals surface area contributed by atoms with Crippen LogP contribution >= 0.6 is 11.6 Å². The van der Waals surface area contributed by atoms with Crippen molar-refractivity contribution in [3.8, 4) is 0 Å². The molecule has 1 aliphatic rings. The maximum Gasteiger partial charge on any atom is 0.0914 e. The second-order valence-corrected chi connectivity index (χ2v) is 6.15. The van der Waals surface area contributed by atoms with Gasteiger partial charge in [0.1, 0.15) is 0 Å². The summed E-state index contributed by atoms with van der Waals surface area (Å²) in [5.74, 6) is 0.804. The maximum atomic E-state index is 10.1. The minimum Gasteiger partial charge on any atom is -0.387 e. The molecule has 0 radical (unpaired) electrons. The summed E-state index contributed by atoms with van der Waals surface area (Å²) in [6.45, 7) is 1.31. The average molecular weight is 302 g/mol. The van der Waals surface area contributed by atoms with Gasteiger partial charge in [0, 0.05) is 18.1 Å². The van der Waals surface area contributed by atoms with E-state index in [-0.39, 0.29) is 0 Å². The van der Waals surface area contributed by atoms with Gasteiger partial charge in [0.05, 0.1) is 6.10 Å². The average Bonchev–Trinajstić information content (AvgIpc) is 3.33. The third kappa shape index (κ3) is 4.07. The molecule has 0 saturated heterocycles. The second-order valence-electron chi connectivity index (χ2n) is 5.71. The Morgan fingerprint density at radius 2 is 1.71 bits per heavy atom. The molecule has 2 aromatic rings. The van der Waals surface area contributed by atoms with Crippen LogP contribution in [0.1, 0.15) is 41.6 Å². The van der Waals surface area contributed by atoms with Crippen LogP contribution in [0.4, 0.5) is 0 Å². The van der Waals surface area contributed by atoms with E-state index in [1.807, 2.05) is 12.1 Å². The van der Waals surface area contributed by atoms with Crippen molar-refractivity contribution in [1.82, 2.24) is 5.32 Å². The molecule has 0 bridgehead atoms. The van der Waals surface area contributed by atoms with Crippen molar-refractivity contribution in [2.24, 2.45) is 0 Å². The van der Waals surface area contributed by atoms with Gasteiger partial charge in [-0.25, -0.2) is 0 Å². The van der Waals surface area contributed by atoms with Crippen LogP contribution in [0.3, 0.4) is 0 Å². The van der Waals surface area contributed by atoms with Crippen LogP contribution < -0.4 is 5.32 Å². The summed E-state index contributed by atoms with van der Waals surface area (Å²) >= 11 is 5.84. The summed E-state index contributed by atoms with van der Waals surface area (Å²) in [5.41, 5.74) is 3.60. The molecule has 1 atom stereocenters. The zero-order valence-electron chi connectivity index (χ0n) is 11.9. The fraction of sp³-hybridized carbons (Fsp3) is 0.333. The molecule has 1 unspecified atom stereocenters. The van der Waals surface area contributed by atoms with Gasteiger partial charge in [0.2, 0.25) is 0 Å². The Kier molecular flexibility index (Phi) is 4.59. The van der Waals surface area contributed by atoms with E-state index in [4.69, 9.17) is 11.6 Å². The van der Waals surface area contributed by atoms with Crippen molar-refractivity contribution in [1.29, 1.82) is 0 Å². The topological polar surface area (TPSA) is 32.3 Å². The smallest absolute Gasteiger partial charge is 0.0914 e. The lowest BCUT2D eigenvalue weighted by Gasteiger charge is -2.12. The third-order valence-electron chi connectivity index (χ3n) is 3.95. The highest BCUT2D eigenvalue weighted by Gasteiger charge is 2.22. The normalized spacial score (nSPS) is 15.9. The molecule has 2 aromatic carbocycles. The van der Waals surface area contributed by atoms with E-state index in [0.29, 0.717) is 11.6 Å². The van der Waals surface area contributed by atoms with Crippen LogP contribution in [0.2, 0.25) is 5.02 Å². The SMILES string of the molecule is OC(CNCc1ccc(C2CC2)cc1)c1ccc(Cl)cc1. The second kappa shape index (κ2) is 6.61. The van der Waals surface area contributed by atoms with Crippen molar-refractivity contribution in [2.45, 2.75) is 31.4 Å². The largest absolute Gasteiger partial charge is 0.387 e. The standard InChI is InChI=1S/C18H20ClNO/c19-17-9-7-16(8-10-17)18(21)12-20-11-13-1-3-14(4-2-13)15-5-6-15/h1-4,7-10,15,18,20-21H,5-6,11-12H2. The molecule has 0 aromatic heterocycles. The van der Waals surface area contributed by atoms with Crippen molar-refractivity contribution < 1.29 is 5.11 Å². The maximum absolute atomic E-state index is 10.1. The number of hydrogen-bond donors (Lipinski definition) is 2. The Balaban J connectivity index is 1.47. The summed E-state index contributed by atoms with van der Waals surface area (Å²) in [7, 11) is 0. The molecule has 0 aliphatic heterocycles. The zero-order valence-corrected chi connectivity index (χ0v) is 12.7. The number of halogens is 1. The van der Waals surface area contributed by atoms with Crippen LogP contribution in [0.25, 0.3) is 0 Å². The molecule has 1 saturated carbocycles. The molecule has 3 rings (SSSR count). The molecule has 110 valence electrons. The molecule has 0 heterocycles. The van der Waals surface area contributed by atoms with Gasteiger partial charge in [-0.05, 0) is 47.6 Å². The number of aliphatic hydroxyl groups excluding tert-OH is 1. The van der Waals surface area contributed by atoms with Gasteiger partial charge in [-0.3, -0.25) is 0 Å². The van der Waals surface area contributed by atoms with E-state index in [9.17, 15) is 5.11 Å². The van der Waals surface area contributed by atoms with Crippen molar-refractivity contribution in [2.75, 3.05) is 6.54 Å². The van der Waals surface area contributed by atoms with Gasteiger partial charge >= 0.3 is 0 Å². The zero-order chi connectivity index (χ0) is 14.7. The van der Waals surface area contributed by atoms with Crippen LogP contribution in [0.15, 0.2) is 48.5 Å². The molecular weight excluding hydrogens is 282 g/mol. The number of hydrogen-bond acceptors (Lipinski definition) is 2. The quantitative estimate of drug-likeness (QED) is 0.844. The number of aliphatic hydroxyl groups is 1. The summed E-state index contributed by atoms with van der Waals surface area (Å²) in [5, 5.41) is 14.1. The van der Waals surface area contributed by atoms with Gasteiger partial charge in [-0.1, -0.05) is 48.0 Å². The van der Waals surface area contributed by atoms with E-state index < -0.39 is 6.10 Å². The van der Waals surface area contributed by atoms with Gasteiger partial charge in [-0.15, -0.1) is 0 Å². The Labute approximate surface area is 130 Å². The van der Waals surface area contributed by atoms with Crippen LogP contribution in [-0.4, -0.2) is 11.7 Å². The van der Waals surface area contributed by atoms with E-state index in [1.165, 1.54) is 24.0 Å². The minimum atomic E-state index is -0.506. The lowest BCUT2D eigenvalue weighted by Crippen LogP contribution is -2.21. The Hall–Kier alpha value is -1.35. The molecule has 2 N–H and O–H groups in total. The van der Waals surface area contributed by atoms with Crippen LogP contribution in [0, 0.1) is 0 Å². The highest BCUT2D eigenvalue weighted by molar-refractivity contribution is 6.30. The Morgan fingerprint density at radius 1 is 1.05 bits per heavy atom. The Bertz CT molecular complexity index is 575. The number of rotatable bonds is 6. The van der Waals surface area contributed by atoms with Crippen molar-refractivity contribution >= 4 is 11.6 Å². The van der Waals surface area contributed by atoms with Gasteiger partial charge in [0.25, 0.3) is 0 Å². The van der Waals surface area contributed by atoms with Gasteiger partial charge in [-0.2, -0.15) is 0 Å². The third-order valence-corrected chi connectivity index (χ3v) is 4.20.